The number of para-hydroxylation sites is 1. The predicted molar refractivity (Wildman–Crippen MR) is 112 cm³/mol. The molecule has 0 bridgehead atoms. The van der Waals surface area contributed by atoms with Gasteiger partial charge in [-0.1, -0.05) is 18.2 Å². The van der Waals surface area contributed by atoms with Crippen molar-refractivity contribution in [3.8, 4) is 0 Å². The SMILES string of the molecule is O=C(CSc1c[nH]c2ccccc12)N1CCSC(c2cc(F)ccc2F)CC1. The van der Waals surface area contributed by atoms with E-state index in [1.54, 1.807) is 11.8 Å². The topological polar surface area (TPSA) is 36.1 Å². The number of nitrogens with zero attached hydrogens (tertiary/aromatic N) is 1. The van der Waals surface area contributed by atoms with Gasteiger partial charge in [-0.25, -0.2) is 8.78 Å². The molecule has 0 spiro atoms. The zero-order valence-corrected chi connectivity index (χ0v) is 16.8. The minimum atomic E-state index is -0.427. The maximum absolute atomic E-state index is 14.1. The number of hydrogen-bond acceptors (Lipinski definition) is 3. The molecule has 1 saturated heterocycles. The first kappa shape index (κ1) is 19.3. The van der Waals surface area contributed by atoms with E-state index in [1.807, 2.05) is 35.4 Å². The summed E-state index contributed by atoms with van der Waals surface area (Å²) in [6, 6.07) is 11.6. The molecule has 2 aromatic carbocycles. The molecular formula is C21H20F2N2OS2. The summed E-state index contributed by atoms with van der Waals surface area (Å²) >= 11 is 3.11. The quantitative estimate of drug-likeness (QED) is 0.588. The third-order valence-corrected chi connectivity index (χ3v) is 7.25. The first-order valence-electron chi connectivity index (χ1n) is 9.15. The van der Waals surface area contributed by atoms with Crippen LogP contribution in [-0.4, -0.2) is 40.4 Å². The van der Waals surface area contributed by atoms with Gasteiger partial charge in [0.1, 0.15) is 11.6 Å². The molecule has 1 unspecified atom stereocenters. The molecule has 1 fully saturated rings. The van der Waals surface area contributed by atoms with Crippen molar-refractivity contribution in [3.05, 3.63) is 65.9 Å². The van der Waals surface area contributed by atoms with E-state index in [4.69, 9.17) is 0 Å². The average molecular weight is 419 g/mol. The molecule has 0 saturated carbocycles. The number of halogens is 2. The number of carbonyl (C=O) groups is 1. The fraction of sp³-hybridized carbons (Fsp3) is 0.286. The third kappa shape index (κ3) is 4.20. The number of fused-ring (bicyclic) bond motifs is 1. The zero-order chi connectivity index (χ0) is 19.5. The van der Waals surface area contributed by atoms with Gasteiger partial charge in [0.05, 0.1) is 5.75 Å². The molecule has 1 atom stereocenters. The molecular weight excluding hydrogens is 398 g/mol. The number of amides is 1. The Bertz CT molecular complexity index is 991. The summed E-state index contributed by atoms with van der Waals surface area (Å²) in [7, 11) is 0. The number of aromatic nitrogens is 1. The van der Waals surface area contributed by atoms with Crippen LogP contribution in [0.3, 0.4) is 0 Å². The second-order valence-corrected chi connectivity index (χ2v) is 9.01. The van der Waals surface area contributed by atoms with Gasteiger partial charge in [-0.3, -0.25) is 4.79 Å². The normalized spacial score (nSPS) is 17.6. The Balaban J connectivity index is 1.37. The number of nitrogens with one attached hydrogen (secondary N) is 1. The lowest BCUT2D eigenvalue weighted by Gasteiger charge is -2.20. The molecule has 1 N–H and O–H groups in total. The van der Waals surface area contributed by atoms with Crippen LogP contribution in [0.25, 0.3) is 10.9 Å². The number of hydrogen-bond donors (Lipinski definition) is 1. The first-order chi connectivity index (χ1) is 13.6. The standard InChI is InChI=1S/C21H20F2N2OS2/c22-14-5-6-17(23)16(11-14)19-7-8-25(9-10-27-19)21(26)13-28-20-12-24-18-4-2-1-3-15(18)20/h1-6,11-12,19,24H,7-10,13H2. The zero-order valence-electron chi connectivity index (χ0n) is 15.2. The highest BCUT2D eigenvalue weighted by Crippen LogP contribution is 2.36. The Hall–Kier alpha value is -1.99. The predicted octanol–water partition coefficient (Wildman–Crippen LogP) is 5.25. The van der Waals surface area contributed by atoms with Gasteiger partial charge in [-0.05, 0) is 30.7 Å². The van der Waals surface area contributed by atoms with Gasteiger partial charge in [0.25, 0.3) is 0 Å². The second kappa shape index (κ2) is 8.57. The molecule has 0 aliphatic carbocycles. The Labute approximate surface area is 170 Å². The molecule has 0 radical (unpaired) electrons. The number of thioether (sulfide) groups is 2. The van der Waals surface area contributed by atoms with Gasteiger partial charge < -0.3 is 9.88 Å². The van der Waals surface area contributed by atoms with Crippen LogP contribution in [0.1, 0.15) is 17.2 Å². The van der Waals surface area contributed by atoms with Crippen molar-refractivity contribution in [2.24, 2.45) is 0 Å². The van der Waals surface area contributed by atoms with Gasteiger partial charge in [-0.2, -0.15) is 11.8 Å². The summed E-state index contributed by atoms with van der Waals surface area (Å²) in [6.07, 6.45) is 2.55. The van der Waals surface area contributed by atoms with E-state index in [0.717, 1.165) is 21.9 Å². The van der Waals surface area contributed by atoms with Gasteiger partial charge >= 0.3 is 0 Å². The smallest absolute Gasteiger partial charge is 0.232 e. The van der Waals surface area contributed by atoms with E-state index in [9.17, 15) is 13.6 Å². The van der Waals surface area contributed by atoms with Crippen LogP contribution in [0.5, 0.6) is 0 Å². The van der Waals surface area contributed by atoms with E-state index in [1.165, 1.54) is 23.9 Å². The molecule has 1 aromatic heterocycles. The van der Waals surface area contributed by atoms with E-state index in [2.05, 4.69) is 4.98 Å². The molecule has 28 heavy (non-hydrogen) atoms. The first-order valence-corrected chi connectivity index (χ1v) is 11.2. The Morgan fingerprint density at radius 3 is 2.96 bits per heavy atom. The van der Waals surface area contributed by atoms with E-state index in [-0.39, 0.29) is 17.0 Å². The van der Waals surface area contributed by atoms with Crippen molar-refractivity contribution >= 4 is 40.3 Å². The van der Waals surface area contributed by atoms with Gasteiger partial charge in [0.2, 0.25) is 5.91 Å². The molecule has 3 aromatic rings. The summed E-state index contributed by atoms with van der Waals surface area (Å²) in [5.41, 5.74) is 1.45. The van der Waals surface area contributed by atoms with Crippen molar-refractivity contribution in [2.75, 3.05) is 24.6 Å². The number of H-pyrrole nitrogens is 1. The fourth-order valence-electron chi connectivity index (χ4n) is 3.42. The molecule has 1 aliphatic rings. The Morgan fingerprint density at radius 1 is 1.21 bits per heavy atom. The fourth-order valence-corrected chi connectivity index (χ4v) is 5.60. The monoisotopic (exact) mass is 418 g/mol. The molecule has 4 rings (SSSR count). The van der Waals surface area contributed by atoms with Crippen molar-refractivity contribution < 1.29 is 13.6 Å². The van der Waals surface area contributed by atoms with Gasteiger partial charge in [0.15, 0.2) is 0 Å². The number of benzene rings is 2. The molecule has 3 nitrogen and oxygen atoms in total. The van der Waals surface area contributed by atoms with Gasteiger partial charge in [-0.15, -0.1) is 11.8 Å². The van der Waals surface area contributed by atoms with Crippen LogP contribution < -0.4 is 0 Å². The lowest BCUT2D eigenvalue weighted by atomic mass is 10.1. The van der Waals surface area contributed by atoms with Crippen LogP contribution in [-0.2, 0) is 4.79 Å². The average Bonchev–Trinajstić information content (AvgIpc) is 2.95. The summed E-state index contributed by atoms with van der Waals surface area (Å²) < 4.78 is 27.6. The summed E-state index contributed by atoms with van der Waals surface area (Å²) in [5.74, 6) is 0.351. The van der Waals surface area contributed by atoms with Crippen LogP contribution in [0.2, 0.25) is 0 Å². The maximum Gasteiger partial charge on any atom is 0.232 e. The van der Waals surface area contributed by atoms with Crippen molar-refractivity contribution in [1.82, 2.24) is 9.88 Å². The Morgan fingerprint density at radius 2 is 2.07 bits per heavy atom. The van der Waals surface area contributed by atoms with Crippen LogP contribution in [0.4, 0.5) is 8.78 Å². The van der Waals surface area contributed by atoms with Crippen molar-refractivity contribution in [2.45, 2.75) is 16.6 Å². The van der Waals surface area contributed by atoms with Crippen molar-refractivity contribution in [3.63, 3.8) is 0 Å². The van der Waals surface area contributed by atoms with E-state index >= 15 is 0 Å². The molecule has 2 heterocycles. The molecule has 1 aliphatic heterocycles. The lowest BCUT2D eigenvalue weighted by molar-refractivity contribution is -0.128. The number of aromatic amines is 1. The molecule has 7 heteroatoms. The van der Waals surface area contributed by atoms with Gasteiger partial charge in [0, 0.05) is 51.7 Å². The minimum absolute atomic E-state index is 0.0799. The third-order valence-electron chi connectivity index (χ3n) is 4.90. The largest absolute Gasteiger partial charge is 0.360 e. The highest BCUT2D eigenvalue weighted by Gasteiger charge is 2.24. The van der Waals surface area contributed by atoms with E-state index in [0.29, 0.717) is 36.6 Å². The second-order valence-electron chi connectivity index (χ2n) is 6.68. The highest BCUT2D eigenvalue weighted by molar-refractivity contribution is 8.00. The van der Waals surface area contributed by atoms with Crippen LogP contribution in [0.15, 0.2) is 53.6 Å². The molecule has 146 valence electrons. The maximum atomic E-state index is 14.1. The highest BCUT2D eigenvalue weighted by atomic mass is 32.2. The van der Waals surface area contributed by atoms with Crippen LogP contribution in [0, 0.1) is 11.6 Å². The summed E-state index contributed by atoms with van der Waals surface area (Å²) in [4.78, 5) is 18.8. The minimum Gasteiger partial charge on any atom is -0.360 e. The van der Waals surface area contributed by atoms with E-state index < -0.39 is 5.82 Å². The Kier molecular flexibility index (Phi) is 5.92. The summed E-state index contributed by atoms with van der Waals surface area (Å²) in [5, 5.41) is 0.989. The summed E-state index contributed by atoms with van der Waals surface area (Å²) in [6.45, 7) is 1.19. The molecule has 1 amide bonds. The lowest BCUT2D eigenvalue weighted by Crippen LogP contribution is -2.34. The van der Waals surface area contributed by atoms with Crippen molar-refractivity contribution in [1.29, 1.82) is 0 Å². The number of carbonyl (C=O) groups excluding carboxylic acids is 1. The number of rotatable bonds is 4. The van der Waals surface area contributed by atoms with Crippen LogP contribution >= 0.6 is 23.5 Å².